The second kappa shape index (κ2) is 18.0. The van der Waals surface area contributed by atoms with E-state index in [2.05, 4.69) is 60.5 Å². The summed E-state index contributed by atoms with van der Waals surface area (Å²) in [7, 11) is 4.34. The molecule has 4 aliphatic heterocycles. The van der Waals surface area contributed by atoms with Crippen molar-refractivity contribution in [3.05, 3.63) is 0 Å². The number of carbonyl (C=O) groups excluding carboxylic acids is 2. The van der Waals surface area contributed by atoms with Gasteiger partial charge >= 0.3 is 11.9 Å². The quantitative estimate of drug-likeness (QED) is 0.201. The number of hydrogen-bond donors (Lipinski definition) is 0. The van der Waals surface area contributed by atoms with E-state index in [1.54, 1.807) is 0 Å². The largest absolute Gasteiger partial charge is 0.462 e. The zero-order valence-corrected chi connectivity index (χ0v) is 30.4. The second-order valence-electron chi connectivity index (χ2n) is 15.1. The van der Waals surface area contributed by atoms with Gasteiger partial charge in [-0.25, -0.2) is 0 Å². The Morgan fingerprint density at radius 2 is 1.39 bits per heavy atom. The van der Waals surface area contributed by atoms with Gasteiger partial charge in [0, 0.05) is 24.3 Å². The first-order valence-corrected chi connectivity index (χ1v) is 19.2. The Labute approximate surface area is 280 Å². The second-order valence-corrected chi connectivity index (χ2v) is 15.1. The number of esters is 2. The van der Waals surface area contributed by atoms with Gasteiger partial charge in [-0.1, -0.05) is 54.4 Å². The summed E-state index contributed by atoms with van der Waals surface area (Å²) in [6.07, 6.45) is 12.7. The standard InChI is InChI=1S/C38H67NO7/c1-9-14-25(39(7)8)22-27-16-18-33(42-27)29(11-3)36-24(6)32-20-21-35(45-32)31(13-5)37(40)44-26(15-10-2)23-28-17-19-34(43-28)30(12-4)38(41)46-36/h24-36H,9-23H2,1-8H3/t24-,25-,26-,27+,28+,29-,30+,31-,32+,33-,34-,35-,36-/m1/s1. The number of fused-ring (bicyclic) bond motifs is 4. The Kier molecular flexibility index (Phi) is 14.7. The lowest BCUT2D eigenvalue weighted by Crippen LogP contribution is -2.45. The van der Waals surface area contributed by atoms with Crippen LogP contribution in [0.2, 0.25) is 0 Å². The zero-order chi connectivity index (χ0) is 33.4. The van der Waals surface area contributed by atoms with E-state index < -0.39 is 0 Å². The van der Waals surface area contributed by atoms with Crippen molar-refractivity contribution in [2.45, 2.75) is 193 Å². The van der Waals surface area contributed by atoms with Gasteiger partial charge in [0.15, 0.2) is 0 Å². The van der Waals surface area contributed by atoms with E-state index >= 15 is 0 Å². The molecule has 0 aliphatic carbocycles. The molecule has 0 aromatic heterocycles. The topological polar surface area (TPSA) is 83.5 Å². The number of rotatable bonds is 12. The molecule has 4 fully saturated rings. The summed E-state index contributed by atoms with van der Waals surface area (Å²) in [4.78, 5) is 30.1. The normalized spacial score (nSPS) is 38.9. The molecule has 0 N–H and O–H groups in total. The molecule has 4 aliphatic rings. The van der Waals surface area contributed by atoms with Gasteiger partial charge in [-0.2, -0.15) is 0 Å². The van der Waals surface area contributed by atoms with Gasteiger partial charge in [0.1, 0.15) is 12.2 Å². The number of nitrogens with zero attached hydrogens (tertiary/aromatic N) is 1. The van der Waals surface area contributed by atoms with Crippen LogP contribution in [0, 0.1) is 23.7 Å². The van der Waals surface area contributed by atoms with Gasteiger partial charge in [-0.15, -0.1) is 0 Å². The first kappa shape index (κ1) is 37.6. The van der Waals surface area contributed by atoms with Crippen LogP contribution < -0.4 is 0 Å². The number of ether oxygens (including phenoxy) is 5. The molecule has 4 rings (SSSR count). The Balaban J connectivity index is 1.59. The van der Waals surface area contributed by atoms with E-state index in [1.165, 1.54) is 6.42 Å². The molecule has 0 radical (unpaired) electrons. The molecule has 0 amide bonds. The third kappa shape index (κ3) is 9.26. The first-order valence-electron chi connectivity index (χ1n) is 19.2. The summed E-state index contributed by atoms with van der Waals surface area (Å²) >= 11 is 0. The molecule has 8 nitrogen and oxygen atoms in total. The lowest BCUT2D eigenvalue weighted by atomic mass is 9.81. The molecule has 46 heavy (non-hydrogen) atoms. The molecule has 0 aromatic rings. The van der Waals surface area contributed by atoms with Crippen molar-refractivity contribution in [3.8, 4) is 0 Å². The van der Waals surface area contributed by atoms with Crippen molar-refractivity contribution < 1.29 is 33.3 Å². The van der Waals surface area contributed by atoms with Crippen molar-refractivity contribution in [1.29, 1.82) is 0 Å². The SMILES string of the molecule is CCC[C@@H]1C[C@@H]2CC[C@@H](O2)[C@H](CC)C(=O)O[C@@H]([C@H](CC)[C@H]2CC[C@@H](C[C@@H](CCC)N(C)C)O2)[C@H](C)[C@@H]2CC[C@@H](O2)[C@@H](CC)C(=O)O1. The molecular weight excluding hydrogens is 582 g/mol. The summed E-state index contributed by atoms with van der Waals surface area (Å²) in [6, 6.07) is 0.507. The molecule has 8 heteroatoms. The Hall–Kier alpha value is -1.22. The van der Waals surface area contributed by atoms with Crippen LogP contribution in [0.1, 0.15) is 138 Å². The maximum absolute atomic E-state index is 14.1. The van der Waals surface area contributed by atoms with E-state index in [9.17, 15) is 9.59 Å². The van der Waals surface area contributed by atoms with Crippen molar-refractivity contribution in [2.24, 2.45) is 23.7 Å². The molecule has 13 atom stereocenters. The fraction of sp³-hybridized carbons (Fsp3) is 0.947. The summed E-state index contributed by atoms with van der Waals surface area (Å²) in [5.41, 5.74) is 0. The van der Waals surface area contributed by atoms with Crippen LogP contribution in [-0.2, 0) is 33.3 Å². The summed E-state index contributed by atoms with van der Waals surface area (Å²) in [5, 5.41) is 0. The van der Waals surface area contributed by atoms with Gasteiger partial charge in [0.2, 0.25) is 0 Å². The fourth-order valence-corrected chi connectivity index (χ4v) is 9.00. The van der Waals surface area contributed by atoms with E-state index in [0.717, 1.165) is 70.6 Å². The highest BCUT2D eigenvalue weighted by Gasteiger charge is 2.47. The lowest BCUT2D eigenvalue weighted by Gasteiger charge is -2.38. The number of cyclic esters (lactones) is 2. The van der Waals surface area contributed by atoms with Gasteiger partial charge < -0.3 is 28.6 Å². The molecule has 0 aromatic carbocycles. The van der Waals surface area contributed by atoms with Gasteiger partial charge in [-0.3, -0.25) is 9.59 Å². The molecular formula is C38H67NO7. The minimum absolute atomic E-state index is 0.0167. The molecule has 4 saturated heterocycles. The molecule has 0 saturated carbocycles. The van der Waals surface area contributed by atoms with Crippen LogP contribution in [-0.4, -0.2) is 85.8 Å². The third-order valence-corrected chi connectivity index (χ3v) is 11.8. The lowest BCUT2D eigenvalue weighted by molar-refractivity contribution is -0.177. The van der Waals surface area contributed by atoms with Crippen LogP contribution >= 0.6 is 0 Å². The molecule has 4 heterocycles. The fourth-order valence-electron chi connectivity index (χ4n) is 9.00. The van der Waals surface area contributed by atoms with E-state index in [-0.39, 0.29) is 84.4 Å². The summed E-state index contributed by atoms with van der Waals surface area (Å²) < 4.78 is 33.0. The Morgan fingerprint density at radius 1 is 0.739 bits per heavy atom. The molecule has 0 unspecified atom stereocenters. The summed E-state index contributed by atoms with van der Waals surface area (Å²) in [6.45, 7) is 12.9. The summed E-state index contributed by atoms with van der Waals surface area (Å²) in [5.74, 6) is -0.831. The van der Waals surface area contributed by atoms with Crippen LogP contribution in [0.25, 0.3) is 0 Å². The van der Waals surface area contributed by atoms with Crippen molar-refractivity contribution >= 4 is 11.9 Å². The predicted octanol–water partition coefficient (Wildman–Crippen LogP) is 7.49. The number of carbonyl (C=O) groups is 2. The van der Waals surface area contributed by atoms with Crippen LogP contribution in [0.5, 0.6) is 0 Å². The maximum Gasteiger partial charge on any atom is 0.311 e. The monoisotopic (exact) mass is 649 g/mol. The van der Waals surface area contributed by atoms with Crippen molar-refractivity contribution in [2.75, 3.05) is 14.1 Å². The van der Waals surface area contributed by atoms with Crippen LogP contribution in [0.4, 0.5) is 0 Å². The van der Waals surface area contributed by atoms with Crippen molar-refractivity contribution in [1.82, 2.24) is 4.90 Å². The minimum atomic E-state index is -0.328. The smallest absolute Gasteiger partial charge is 0.311 e. The predicted molar refractivity (Wildman–Crippen MR) is 180 cm³/mol. The highest BCUT2D eigenvalue weighted by atomic mass is 16.6. The maximum atomic E-state index is 14.1. The minimum Gasteiger partial charge on any atom is -0.462 e. The van der Waals surface area contributed by atoms with Crippen molar-refractivity contribution in [3.63, 3.8) is 0 Å². The van der Waals surface area contributed by atoms with Gasteiger partial charge in [0.25, 0.3) is 0 Å². The van der Waals surface area contributed by atoms with E-state index in [0.29, 0.717) is 25.3 Å². The third-order valence-electron chi connectivity index (χ3n) is 11.8. The zero-order valence-electron chi connectivity index (χ0n) is 30.4. The first-order chi connectivity index (χ1) is 22.1. The van der Waals surface area contributed by atoms with E-state index in [4.69, 9.17) is 23.7 Å². The molecule has 266 valence electrons. The average molecular weight is 650 g/mol. The van der Waals surface area contributed by atoms with Gasteiger partial charge in [-0.05, 0) is 91.1 Å². The average Bonchev–Trinajstić information content (AvgIpc) is 3.79. The Bertz CT molecular complexity index is 944. The number of hydrogen-bond acceptors (Lipinski definition) is 8. The highest BCUT2D eigenvalue weighted by molar-refractivity contribution is 5.74. The Morgan fingerprint density at radius 3 is 2.02 bits per heavy atom. The van der Waals surface area contributed by atoms with E-state index in [1.807, 2.05) is 0 Å². The van der Waals surface area contributed by atoms with Crippen LogP contribution in [0.15, 0.2) is 0 Å². The molecule has 4 bridgehead atoms. The highest BCUT2D eigenvalue weighted by Crippen LogP contribution is 2.41. The molecule has 0 spiro atoms. The van der Waals surface area contributed by atoms with Gasteiger partial charge in [0.05, 0.1) is 48.5 Å². The van der Waals surface area contributed by atoms with Crippen LogP contribution in [0.3, 0.4) is 0 Å².